The fraction of sp³-hybridized carbons (Fsp3) is 0.125. The second kappa shape index (κ2) is 5.77. The van der Waals surface area contributed by atoms with Crippen molar-refractivity contribution in [2.24, 2.45) is 0 Å². The number of benzene rings is 1. The lowest BCUT2D eigenvalue weighted by Gasteiger charge is -1.98. The maximum Gasteiger partial charge on any atom is 0.345 e. The van der Waals surface area contributed by atoms with Gasteiger partial charge in [0.25, 0.3) is 5.56 Å². The van der Waals surface area contributed by atoms with E-state index < -0.39 is 11.5 Å². The molecular formula is C16H12N2O4S. The van der Waals surface area contributed by atoms with Crippen LogP contribution in [-0.2, 0) is 4.74 Å². The van der Waals surface area contributed by atoms with Crippen LogP contribution in [0.15, 0.2) is 41.5 Å². The van der Waals surface area contributed by atoms with Gasteiger partial charge in [0.2, 0.25) is 5.78 Å². The molecule has 0 aliphatic heterocycles. The van der Waals surface area contributed by atoms with Gasteiger partial charge in [-0.3, -0.25) is 14.0 Å². The van der Waals surface area contributed by atoms with E-state index in [-0.39, 0.29) is 11.3 Å². The van der Waals surface area contributed by atoms with Crippen molar-refractivity contribution in [1.82, 2.24) is 9.38 Å². The standard InChI is InChI=1S/C16H12N2O4S/c1-9-3-5-10(6-4-9)13(19)12-8-18-14(20)11(15(21)22-2)7-17-16(18)23-12/h3-8H,1-2H3. The molecule has 23 heavy (non-hydrogen) atoms. The molecule has 7 heteroatoms. The number of rotatable bonds is 3. The Hall–Kier alpha value is -2.80. The zero-order chi connectivity index (χ0) is 16.6. The Kier molecular flexibility index (Phi) is 3.79. The zero-order valence-electron chi connectivity index (χ0n) is 12.4. The molecule has 0 radical (unpaired) electrons. The van der Waals surface area contributed by atoms with E-state index >= 15 is 0 Å². The minimum Gasteiger partial charge on any atom is -0.465 e. The van der Waals surface area contributed by atoms with Crippen molar-refractivity contribution in [2.75, 3.05) is 7.11 Å². The molecule has 6 nitrogen and oxygen atoms in total. The van der Waals surface area contributed by atoms with Crippen molar-refractivity contribution in [3.05, 3.63) is 68.6 Å². The Morgan fingerprint density at radius 2 is 1.91 bits per heavy atom. The van der Waals surface area contributed by atoms with Gasteiger partial charge in [0.05, 0.1) is 18.2 Å². The molecule has 2 aromatic heterocycles. The molecule has 0 bridgehead atoms. The molecule has 0 fully saturated rings. The molecule has 3 rings (SSSR count). The van der Waals surface area contributed by atoms with Gasteiger partial charge in [-0.15, -0.1) is 0 Å². The Morgan fingerprint density at radius 3 is 2.57 bits per heavy atom. The molecule has 0 N–H and O–H groups in total. The lowest BCUT2D eigenvalue weighted by Crippen LogP contribution is -2.22. The normalized spacial score (nSPS) is 10.7. The summed E-state index contributed by atoms with van der Waals surface area (Å²) in [6.45, 7) is 1.94. The summed E-state index contributed by atoms with van der Waals surface area (Å²) >= 11 is 1.10. The molecule has 3 aromatic rings. The predicted octanol–water partition coefficient (Wildman–Crippen LogP) is 2.08. The number of fused-ring (bicyclic) bond motifs is 1. The number of methoxy groups -OCH3 is 1. The Balaban J connectivity index is 2.08. The molecular weight excluding hydrogens is 316 g/mol. The van der Waals surface area contributed by atoms with Crippen molar-refractivity contribution in [2.45, 2.75) is 6.92 Å². The van der Waals surface area contributed by atoms with Gasteiger partial charge >= 0.3 is 5.97 Å². The lowest BCUT2D eigenvalue weighted by atomic mass is 10.1. The number of carbonyl (C=O) groups is 2. The van der Waals surface area contributed by atoms with Crippen LogP contribution in [0.2, 0.25) is 0 Å². The summed E-state index contributed by atoms with van der Waals surface area (Å²) in [6, 6.07) is 7.16. The van der Waals surface area contributed by atoms with E-state index in [9.17, 15) is 14.4 Å². The molecule has 0 saturated carbocycles. The second-order valence-electron chi connectivity index (χ2n) is 4.91. The van der Waals surface area contributed by atoms with Gasteiger partial charge in [-0.1, -0.05) is 41.2 Å². The number of hydrogen-bond acceptors (Lipinski definition) is 6. The molecule has 0 amide bonds. The highest BCUT2D eigenvalue weighted by Gasteiger charge is 2.18. The second-order valence-corrected chi connectivity index (χ2v) is 5.92. The van der Waals surface area contributed by atoms with E-state index in [0.29, 0.717) is 15.4 Å². The van der Waals surface area contributed by atoms with Crippen molar-refractivity contribution in [3.63, 3.8) is 0 Å². The fourth-order valence-electron chi connectivity index (χ4n) is 2.09. The average Bonchev–Trinajstić information content (AvgIpc) is 3.00. The first-order valence-electron chi connectivity index (χ1n) is 6.72. The number of ketones is 1. The molecule has 0 atom stereocenters. The number of aromatic nitrogens is 2. The quantitative estimate of drug-likeness (QED) is 0.543. The van der Waals surface area contributed by atoms with Gasteiger partial charge < -0.3 is 4.74 Å². The van der Waals surface area contributed by atoms with Gasteiger partial charge in [0.15, 0.2) is 4.96 Å². The third kappa shape index (κ3) is 2.66. The molecule has 0 unspecified atom stereocenters. The summed E-state index contributed by atoms with van der Waals surface area (Å²) in [4.78, 5) is 41.1. The zero-order valence-corrected chi connectivity index (χ0v) is 13.2. The largest absolute Gasteiger partial charge is 0.465 e. The van der Waals surface area contributed by atoms with Crippen molar-refractivity contribution in [1.29, 1.82) is 0 Å². The highest BCUT2D eigenvalue weighted by Crippen LogP contribution is 2.19. The molecule has 0 spiro atoms. The van der Waals surface area contributed by atoms with Gasteiger partial charge in [-0.25, -0.2) is 9.78 Å². The first kappa shape index (κ1) is 15.1. The summed E-state index contributed by atoms with van der Waals surface area (Å²) in [5, 5.41) is 0. The minimum atomic E-state index is -0.755. The molecule has 0 saturated heterocycles. The predicted molar refractivity (Wildman–Crippen MR) is 85.3 cm³/mol. The van der Waals surface area contributed by atoms with Crippen LogP contribution in [0.1, 0.15) is 31.2 Å². The van der Waals surface area contributed by atoms with Gasteiger partial charge in [-0.05, 0) is 6.92 Å². The summed E-state index contributed by atoms with van der Waals surface area (Å²) < 4.78 is 5.74. The van der Waals surface area contributed by atoms with Crippen LogP contribution in [0.4, 0.5) is 0 Å². The smallest absolute Gasteiger partial charge is 0.345 e. The van der Waals surface area contributed by atoms with Crippen LogP contribution in [0.25, 0.3) is 4.96 Å². The van der Waals surface area contributed by atoms with E-state index in [4.69, 9.17) is 0 Å². The molecule has 116 valence electrons. The number of ether oxygens (including phenoxy) is 1. The van der Waals surface area contributed by atoms with Gasteiger partial charge in [0, 0.05) is 11.8 Å². The third-order valence-electron chi connectivity index (χ3n) is 3.35. The molecule has 0 aliphatic rings. The van der Waals surface area contributed by atoms with E-state index in [1.807, 2.05) is 19.1 Å². The summed E-state index contributed by atoms with van der Waals surface area (Å²) in [5.41, 5.74) is 0.861. The van der Waals surface area contributed by atoms with Crippen LogP contribution in [0, 0.1) is 6.92 Å². The van der Waals surface area contributed by atoms with Crippen molar-refractivity contribution >= 4 is 28.1 Å². The Labute approximate surface area is 135 Å². The van der Waals surface area contributed by atoms with Crippen LogP contribution in [0.5, 0.6) is 0 Å². The van der Waals surface area contributed by atoms with Crippen LogP contribution in [-0.4, -0.2) is 28.2 Å². The number of hydrogen-bond donors (Lipinski definition) is 0. The van der Waals surface area contributed by atoms with E-state index in [1.165, 1.54) is 23.9 Å². The first-order chi connectivity index (χ1) is 11.0. The molecule has 2 heterocycles. The van der Waals surface area contributed by atoms with Crippen LogP contribution >= 0.6 is 11.3 Å². The van der Waals surface area contributed by atoms with E-state index in [2.05, 4.69) is 9.72 Å². The topological polar surface area (TPSA) is 77.7 Å². The first-order valence-corrected chi connectivity index (χ1v) is 7.54. The van der Waals surface area contributed by atoms with Crippen molar-refractivity contribution < 1.29 is 14.3 Å². The maximum absolute atomic E-state index is 12.5. The third-order valence-corrected chi connectivity index (χ3v) is 4.35. The van der Waals surface area contributed by atoms with Gasteiger partial charge in [0.1, 0.15) is 5.56 Å². The number of nitrogens with zero attached hydrogens (tertiary/aromatic N) is 2. The maximum atomic E-state index is 12.5. The molecule has 1 aromatic carbocycles. The van der Waals surface area contributed by atoms with E-state index in [1.54, 1.807) is 12.1 Å². The lowest BCUT2D eigenvalue weighted by molar-refractivity contribution is 0.0598. The SMILES string of the molecule is COC(=O)c1cnc2sc(C(=O)c3ccc(C)cc3)cn2c1=O. The number of thiazole rings is 1. The van der Waals surface area contributed by atoms with Gasteiger partial charge in [-0.2, -0.15) is 0 Å². The fourth-order valence-corrected chi connectivity index (χ4v) is 2.99. The Morgan fingerprint density at radius 1 is 1.22 bits per heavy atom. The number of aryl methyl sites for hydroxylation is 1. The highest BCUT2D eigenvalue weighted by molar-refractivity contribution is 7.19. The van der Waals surface area contributed by atoms with Crippen LogP contribution in [0.3, 0.4) is 0 Å². The molecule has 0 aliphatic carbocycles. The number of carbonyl (C=O) groups excluding carboxylic acids is 2. The summed E-state index contributed by atoms with van der Waals surface area (Å²) in [7, 11) is 1.19. The number of esters is 1. The monoisotopic (exact) mass is 328 g/mol. The Bertz CT molecular complexity index is 970. The van der Waals surface area contributed by atoms with Crippen molar-refractivity contribution in [3.8, 4) is 0 Å². The van der Waals surface area contributed by atoms with E-state index in [0.717, 1.165) is 16.9 Å². The average molecular weight is 328 g/mol. The highest BCUT2D eigenvalue weighted by atomic mass is 32.1. The summed E-state index contributed by atoms with van der Waals surface area (Å²) in [6.07, 6.45) is 2.57. The van der Waals surface area contributed by atoms with Crippen LogP contribution < -0.4 is 5.56 Å². The minimum absolute atomic E-state index is 0.169. The summed E-state index contributed by atoms with van der Waals surface area (Å²) in [5.74, 6) is -0.950.